The van der Waals surface area contributed by atoms with Gasteiger partial charge in [-0.15, -0.1) is 0 Å². The average molecular weight is 289 g/mol. The Labute approximate surface area is 116 Å². The number of primary sulfonamides is 1. The van der Waals surface area contributed by atoms with Crippen LogP contribution in [0.25, 0.3) is 0 Å². The molecule has 102 valence electrons. The summed E-state index contributed by atoms with van der Waals surface area (Å²) in [5.74, 6) is 0.559. The van der Waals surface area contributed by atoms with E-state index in [1.165, 1.54) is 12.3 Å². The Bertz CT molecular complexity index is 749. The zero-order chi connectivity index (χ0) is 14.6. The van der Waals surface area contributed by atoms with Gasteiger partial charge in [-0.3, -0.25) is 0 Å². The molecule has 6 nitrogen and oxygen atoms in total. The van der Waals surface area contributed by atoms with Crippen molar-refractivity contribution in [2.24, 2.45) is 5.14 Å². The first-order valence-electron chi connectivity index (χ1n) is 5.60. The number of nitrogens with two attached hydrogens (primary N) is 1. The molecule has 2 N–H and O–H groups in total. The molecule has 2 aromatic rings. The molecule has 7 heteroatoms. The summed E-state index contributed by atoms with van der Waals surface area (Å²) in [4.78, 5) is 3.98. The number of nitriles is 1. The van der Waals surface area contributed by atoms with E-state index in [0.29, 0.717) is 22.8 Å². The molecule has 1 heterocycles. The molecule has 0 aliphatic carbocycles. The zero-order valence-corrected chi connectivity index (χ0v) is 11.2. The Hall–Kier alpha value is -2.43. The molecular weight excluding hydrogens is 278 g/mol. The van der Waals surface area contributed by atoms with Crippen LogP contribution in [0.2, 0.25) is 0 Å². The van der Waals surface area contributed by atoms with Gasteiger partial charge in [-0.2, -0.15) is 5.26 Å². The lowest BCUT2D eigenvalue weighted by atomic mass is 10.2. The monoisotopic (exact) mass is 289 g/mol. The molecule has 20 heavy (non-hydrogen) atoms. The minimum Gasteiger partial charge on any atom is -0.439 e. The highest BCUT2D eigenvalue weighted by Crippen LogP contribution is 2.20. The molecule has 0 radical (unpaired) electrons. The lowest BCUT2D eigenvalue weighted by Gasteiger charge is -2.05. The molecule has 0 amide bonds. The second-order valence-electron chi connectivity index (χ2n) is 4.05. The second kappa shape index (κ2) is 5.69. The van der Waals surface area contributed by atoms with Crippen LogP contribution in [-0.4, -0.2) is 13.4 Å². The van der Waals surface area contributed by atoms with Crippen molar-refractivity contribution in [3.8, 4) is 17.7 Å². The highest BCUT2D eigenvalue weighted by molar-refractivity contribution is 7.88. The predicted molar refractivity (Wildman–Crippen MR) is 72.3 cm³/mol. The van der Waals surface area contributed by atoms with Gasteiger partial charge in [0.1, 0.15) is 5.75 Å². The van der Waals surface area contributed by atoms with Crippen LogP contribution in [-0.2, 0) is 15.8 Å². The Kier molecular flexibility index (Phi) is 3.98. The number of pyridine rings is 1. The summed E-state index contributed by atoms with van der Waals surface area (Å²) in [6.07, 6.45) is 1.48. The molecule has 0 saturated heterocycles. The Morgan fingerprint density at radius 2 is 1.95 bits per heavy atom. The summed E-state index contributed by atoms with van der Waals surface area (Å²) in [6.45, 7) is 0. The van der Waals surface area contributed by atoms with Gasteiger partial charge in [0, 0.05) is 12.3 Å². The summed E-state index contributed by atoms with van der Waals surface area (Å²) >= 11 is 0. The molecule has 1 aromatic carbocycles. The number of aromatic nitrogens is 1. The van der Waals surface area contributed by atoms with Crippen molar-refractivity contribution in [3.05, 3.63) is 53.7 Å². The van der Waals surface area contributed by atoms with Crippen LogP contribution in [0.15, 0.2) is 42.6 Å². The van der Waals surface area contributed by atoms with Gasteiger partial charge in [0.2, 0.25) is 15.9 Å². The van der Waals surface area contributed by atoms with Crippen LogP contribution in [0.5, 0.6) is 11.6 Å². The van der Waals surface area contributed by atoms with Crippen molar-refractivity contribution < 1.29 is 13.2 Å². The number of hydrogen-bond donors (Lipinski definition) is 1. The minimum absolute atomic E-state index is 0.227. The van der Waals surface area contributed by atoms with Crippen LogP contribution in [0, 0.1) is 11.3 Å². The van der Waals surface area contributed by atoms with E-state index in [2.05, 4.69) is 4.98 Å². The van der Waals surface area contributed by atoms with Gasteiger partial charge >= 0.3 is 0 Å². The van der Waals surface area contributed by atoms with E-state index in [1.807, 2.05) is 6.07 Å². The average Bonchev–Trinajstić information content (AvgIpc) is 2.40. The van der Waals surface area contributed by atoms with E-state index >= 15 is 0 Å². The van der Waals surface area contributed by atoms with E-state index in [1.54, 1.807) is 30.3 Å². The number of hydrogen-bond acceptors (Lipinski definition) is 5. The lowest BCUT2D eigenvalue weighted by molar-refractivity contribution is 0.462. The maximum absolute atomic E-state index is 11.0. The SMILES string of the molecule is N#Cc1ccnc(Oc2ccc(CS(N)(=O)=O)cc2)c1. The number of benzene rings is 1. The van der Waals surface area contributed by atoms with E-state index in [0.717, 1.165) is 0 Å². The summed E-state index contributed by atoms with van der Waals surface area (Å²) in [5, 5.41) is 13.7. The van der Waals surface area contributed by atoms with E-state index in [9.17, 15) is 8.42 Å². The molecule has 0 fully saturated rings. The summed E-state index contributed by atoms with van der Waals surface area (Å²) in [5.41, 5.74) is 1.01. The highest BCUT2D eigenvalue weighted by Gasteiger charge is 2.05. The molecule has 0 saturated carbocycles. The van der Waals surface area contributed by atoms with E-state index in [-0.39, 0.29) is 5.75 Å². The predicted octanol–water partition coefficient (Wildman–Crippen LogP) is 1.53. The van der Waals surface area contributed by atoms with Crippen LogP contribution < -0.4 is 9.88 Å². The third-order valence-electron chi connectivity index (χ3n) is 2.38. The first kappa shape index (κ1) is 14.0. The van der Waals surface area contributed by atoms with Gasteiger partial charge in [0.15, 0.2) is 0 Å². The topological polar surface area (TPSA) is 106 Å². The van der Waals surface area contributed by atoms with E-state index in [4.69, 9.17) is 15.1 Å². The third-order valence-corrected chi connectivity index (χ3v) is 3.11. The van der Waals surface area contributed by atoms with Crippen molar-refractivity contribution in [2.45, 2.75) is 5.75 Å². The first-order chi connectivity index (χ1) is 9.46. The molecule has 0 bridgehead atoms. The van der Waals surface area contributed by atoms with Crippen molar-refractivity contribution in [1.29, 1.82) is 5.26 Å². The maximum atomic E-state index is 11.0. The van der Waals surface area contributed by atoms with Crippen LogP contribution in [0.3, 0.4) is 0 Å². The van der Waals surface area contributed by atoms with Gasteiger partial charge < -0.3 is 4.74 Å². The molecule has 0 unspecified atom stereocenters. The Morgan fingerprint density at radius 3 is 2.55 bits per heavy atom. The summed E-state index contributed by atoms with van der Waals surface area (Å²) in [6, 6.07) is 11.5. The Morgan fingerprint density at radius 1 is 1.25 bits per heavy atom. The zero-order valence-electron chi connectivity index (χ0n) is 10.4. The van der Waals surface area contributed by atoms with Gasteiger partial charge in [0.05, 0.1) is 17.4 Å². The number of sulfonamides is 1. The van der Waals surface area contributed by atoms with Crippen molar-refractivity contribution >= 4 is 10.0 Å². The number of nitrogens with zero attached hydrogens (tertiary/aromatic N) is 2. The normalized spacial score (nSPS) is 10.8. The molecule has 0 aliphatic rings. The summed E-state index contributed by atoms with van der Waals surface area (Å²) < 4.78 is 27.4. The smallest absolute Gasteiger partial charge is 0.220 e. The number of ether oxygens (including phenoxy) is 1. The third kappa shape index (κ3) is 4.05. The van der Waals surface area contributed by atoms with Gasteiger partial charge in [-0.05, 0) is 23.8 Å². The molecular formula is C13H11N3O3S. The quantitative estimate of drug-likeness (QED) is 0.918. The fourth-order valence-corrected chi connectivity index (χ4v) is 2.20. The lowest BCUT2D eigenvalue weighted by Crippen LogP contribution is -2.14. The standard InChI is InChI=1S/C13H11N3O3S/c14-8-11-5-6-16-13(7-11)19-12-3-1-10(2-4-12)9-20(15,17)18/h1-7H,9H2,(H2,15,17,18). The second-order valence-corrected chi connectivity index (χ2v) is 5.66. The van der Waals surface area contributed by atoms with Crippen LogP contribution in [0.4, 0.5) is 0 Å². The molecule has 0 spiro atoms. The Balaban J connectivity index is 2.13. The van der Waals surface area contributed by atoms with Crippen LogP contribution >= 0.6 is 0 Å². The van der Waals surface area contributed by atoms with Crippen molar-refractivity contribution in [2.75, 3.05) is 0 Å². The first-order valence-corrected chi connectivity index (χ1v) is 7.31. The molecule has 1 aromatic heterocycles. The maximum Gasteiger partial charge on any atom is 0.220 e. The van der Waals surface area contributed by atoms with Crippen molar-refractivity contribution in [3.63, 3.8) is 0 Å². The van der Waals surface area contributed by atoms with E-state index < -0.39 is 10.0 Å². The van der Waals surface area contributed by atoms with Gasteiger partial charge in [0.25, 0.3) is 0 Å². The minimum atomic E-state index is -3.55. The summed E-state index contributed by atoms with van der Waals surface area (Å²) in [7, 11) is -3.55. The van der Waals surface area contributed by atoms with Crippen molar-refractivity contribution in [1.82, 2.24) is 4.98 Å². The molecule has 2 rings (SSSR count). The highest BCUT2D eigenvalue weighted by atomic mass is 32.2. The molecule has 0 atom stereocenters. The van der Waals surface area contributed by atoms with Crippen LogP contribution in [0.1, 0.15) is 11.1 Å². The van der Waals surface area contributed by atoms with Gasteiger partial charge in [-0.1, -0.05) is 12.1 Å². The molecule has 0 aliphatic heterocycles. The largest absolute Gasteiger partial charge is 0.439 e. The van der Waals surface area contributed by atoms with Gasteiger partial charge in [-0.25, -0.2) is 18.5 Å². The fourth-order valence-electron chi connectivity index (χ4n) is 1.54. The number of rotatable bonds is 4. The fraction of sp³-hybridized carbons (Fsp3) is 0.0769.